The standard InChI is InChI=1S/C22H28F2N2O3/c1-13-9-14(2)20(15(3)10-13)25-21(27)16(4)26(5)12-17-7-8-18(29-22(23)24)19(11-17)28-6/h7-11,16,22H,12H2,1-6H3,(H,25,27)/p+1/t16-/m1/s1. The summed E-state index contributed by atoms with van der Waals surface area (Å²) in [6.07, 6.45) is 0. The van der Waals surface area contributed by atoms with E-state index < -0.39 is 6.61 Å². The van der Waals surface area contributed by atoms with Crippen molar-refractivity contribution in [3.8, 4) is 11.5 Å². The number of alkyl halides is 2. The Balaban J connectivity index is 2.08. The van der Waals surface area contributed by atoms with E-state index >= 15 is 0 Å². The van der Waals surface area contributed by atoms with Crippen molar-refractivity contribution < 1.29 is 27.9 Å². The van der Waals surface area contributed by atoms with Gasteiger partial charge in [0.2, 0.25) is 0 Å². The number of hydrogen-bond acceptors (Lipinski definition) is 3. The molecule has 2 aromatic carbocycles. The second-order valence-corrected chi connectivity index (χ2v) is 7.37. The Kier molecular flexibility index (Phi) is 7.56. The first kappa shape index (κ1) is 22.6. The fourth-order valence-corrected chi connectivity index (χ4v) is 3.32. The largest absolute Gasteiger partial charge is 0.493 e. The van der Waals surface area contributed by atoms with E-state index in [9.17, 15) is 13.6 Å². The second kappa shape index (κ2) is 9.69. The van der Waals surface area contributed by atoms with Crippen LogP contribution in [0.15, 0.2) is 30.3 Å². The maximum absolute atomic E-state index is 12.8. The Morgan fingerprint density at radius 3 is 2.28 bits per heavy atom. The number of amides is 1. The predicted octanol–water partition coefficient (Wildman–Crippen LogP) is 3.26. The Labute approximate surface area is 170 Å². The molecule has 5 nitrogen and oxygen atoms in total. The van der Waals surface area contributed by atoms with Gasteiger partial charge in [0.25, 0.3) is 5.91 Å². The molecule has 0 aliphatic heterocycles. The molecule has 0 radical (unpaired) electrons. The van der Waals surface area contributed by atoms with Crippen LogP contribution in [0.2, 0.25) is 0 Å². The summed E-state index contributed by atoms with van der Waals surface area (Å²) in [5.74, 6) is 0.140. The molecule has 29 heavy (non-hydrogen) atoms. The van der Waals surface area contributed by atoms with E-state index in [2.05, 4.69) is 10.1 Å². The summed E-state index contributed by atoms with van der Waals surface area (Å²) >= 11 is 0. The monoisotopic (exact) mass is 407 g/mol. The molecule has 0 aliphatic carbocycles. The van der Waals surface area contributed by atoms with Crippen LogP contribution >= 0.6 is 0 Å². The second-order valence-electron chi connectivity index (χ2n) is 7.37. The number of hydrogen-bond donors (Lipinski definition) is 2. The highest BCUT2D eigenvalue weighted by Crippen LogP contribution is 2.29. The molecule has 2 rings (SSSR count). The molecule has 0 fully saturated rings. The van der Waals surface area contributed by atoms with Crippen LogP contribution in [-0.2, 0) is 11.3 Å². The lowest BCUT2D eigenvalue weighted by Crippen LogP contribution is -3.12. The maximum Gasteiger partial charge on any atom is 0.387 e. The summed E-state index contributed by atoms with van der Waals surface area (Å²) in [6, 6.07) is 8.57. The molecule has 0 bridgehead atoms. The molecule has 0 spiro atoms. The smallest absolute Gasteiger partial charge is 0.387 e. The third-order valence-corrected chi connectivity index (χ3v) is 4.98. The average molecular weight is 407 g/mol. The lowest BCUT2D eigenvalue weighted by molar-refractivity contribution is -0.907. The number of ether oxygens (including phenoxy) is 2. The van der Waals surface area contributed by atoms with Gasteiger partial charge in [-0.15, -0.1) is 0 Å². The third-order valence-electron chi connectivity index (χ3n) is 4.98. The maximum atomic E-state index is 12.8. The van der Waals surface area contributed by atoms with Gasteiger partial charge in [-0.3, -0.25) is 4.79 Å². The van der Waals surface area contributed by atoms with Gasteiger partial charge in [-0.1, -0.05) is 17.7 Å². The molecule has 2 atom stereocenters. The number of quaternary nitrogens is 1. The molecule has 2 N–H and O–H groups in total. The van der Waals surface area contributed by atoms with Crippen molar-refractivity contribution in [2.24, 2.45) is 0 Å². The minimum Gasteiger partial charge on any atom is -0.493 e. The van der Waals surface area contributed by atoms with Crippen LogP contribution in [0.1, 0.15) is 29.2 Å². The van der Waals surface area contributed by atoms with Crippen molar-refractivity contribution in [1.29, 1.82) is 0 Å². The van der Waals surface area contributed by atoms with Gasteiger partial charge in [-0.05, 0) is 57.0 Å². The molecular formula is C22H29F2N2O3+. The number of carbonyl (C=O) groups excluding carboxylic acids is 1. The van der Waals surface area contributed by atoms with Crippen molar-refractivity contribution in [2.75, 3.05) is 19.5 Å². The highest BCUT2D eigenvalue weighted by atomic mass is 19.3. The van der Waals surface area contributed by atoms with Crippen LogP contribution in [0.4, 0.5) is 14.5 Å². The minimum atomic E-state index is -2.92. The number of rotatable bonds is 8. The fraction of sp³-hybridized carbons (Fsp3) is 0.409. The van der Waals surface area contributed by atoms with Gasteiger partial charge in [0.15, 0.2) is 17.5 Å². The molecule has 0 aromatic heterocycles. The van der Waals surface area contributed by atoms with E-state index in [0.29, 0.717) is 6.54 Å². The summed E-state index contributed by atoms with van der Waals surface area (Å²) in [6.45, 7) is 5.44. The molecule has 0 saturated heterocycles. The molecule has 0 saturated carbocycles. The number of carbonyl (C=O) groups is 1. The number of benzene rings is 2. The molecule has 158 valence electrons. The van der Waals surface area contributed by atoms with Gasteiger partial charge in [-0.25, -0.2) is 0 Å². The van der Waals surface area contributed by atoms with Crippen LogP contribution in [0.3, 0.4) is 0 Å². The van der Waals surface area contributed by atoms with E-state index in [1.807, 2.05) is 46.9 Å². The van der Waals surface area contributed by atoms with Crippen LogP contribution in [-0.4, -0.2) is 32.7 Å². The van der Waals surface area contributed by atoms with E-state index in [1.165, 1.54) is 13.2 Å². The molecule has 0 heterocycles. The third kappa shape index (κ3) is 5.90. The van der Waals surface area contributed by atoms with Crippen LogP contribution in [0, 0.1) is 20.8 Å². The van der Waals surface area contributed by atoms with Crippen LogP contribution < -0.4 is 19.7 Å². The lowest BCUT2D eigenvalue weighted by atomic mass is 10.0. The molecule has 1 unspecified atom stereocenters. The number of methoxy groups -OCH3 is 1. The number of anilines is 1. The van der Waals surface area contributed by atoms with E-state index in [0.717, 1.165) is 32.8 Å². The van der Waals surface area contributed by atoms with Crippen LogP contribution in [0.5, 0.6) is 11.5 Å². The fourth-order valence-electron chi connectivity index (χ4n) is 3.32. The topological polar surface area (TPSA) is 52.0 Å². The lowest BCUT2D eigenvalue weighted by Gasteiger charge is -2.22. The Hall–Kier alpha value is -2.67. The van der Waals surface area contributed by atoms with Gasteiger partial charge in [-0.2, -0.15) is 8.78 Å². The molecule has 1 amide bonds. The van der Waals surface area contributed by atoms with Gasteiger partial charge in [0.1, 0.15) is 6.54 Å². The number of nitrogens with one attached hydrogen (secondary N) is 2. The summed E-state index contributed by atoms with van der Waals surface area (Å²) in [5, 5.41) is 3.04. The first-order chi connectivity index (χ1) is 13.6. The summed E-state index contributed by atoms with van der Waals surface area (Å²) in [5.41, 5.74) is 4.90. The molecule has 0 aliphatic rings. The highest BCUT2D eigenvalue weighted by Gasteiger charge is 2.23. The average Bonchev–Trinajstić information content (AvgIpc) is 2.64. The zero-order chi connectivity index (χ0) is 21.7. The normalized spacial score (nSPS) is 13.1. The molecule has 7 heteroatoms. The summed E-state index contributed by atoms with van der Waals surface area (Å²) in [4.78, 5) is 13.7. The quantitative estimate of drug-likeness (QED) is 0.706. The first-order valence-electron chi connectivity index (χ1n) is 9.45. The van der Waals surface area contributed by atoms with Gasteiger partial charge in [0, 0.05) is 11.3 Å². The Morgan fingerprint density at radius 1 is 1.10 bits per heavy atom. The SMILES string of the molecule is COc1cc(C[NH+](C)[C@H](C)C(=O)Nc2c(C)cc(C)cc2C)ccc1OC(F)F. The zero-order valence-electron chi connectivity index (χ0n) is 17.7. The summed E-state index contributed by atoms with van der Waals surface area (Å²) < 4.78 is 34.5. The molecule has 2 aromatic rings. The predicted molar refractivity (Wildman–Crippen MR) is 109 cm³/mol. The van der Waals surface area contributed by atoms with Crippen molar-refractivity contribution >= 4 is 11.6 Å². The Morgan fingerprint density at radius 2 is 1.72 bits per heavy atom. The number of likely N-dealkylation sites (N-methyl/N-ethyl adjacent to an activating group) is 1. The van der Waals surface area contributed by atoms with Gasteiger partial charge in [0.05, 0.1) is 14.2 Å². The van der Waals surface area contributed by atoms with Gasteiger partial charge < -0.3 is 19.7 Å². The van der Waals surface area contributed by atoms with Crippen molar-refractivity contribution in [1.82, 2.24) is 0 Å². The van der Waals surface area contributed by atoms with E-state index in [4.69, 9.17) is 4.74 Å². The van der Waals surface area contributed by atoms with E-state index in [-0.39, 0.29) is 23.4 Å². The van der Waals surface area contributed by atoms with Gasteiger partial charge >= 0.3 is 6.61 Å². The number of aryl methyl sites for hydroxylation is 3. The first-order valence-corrected chi connectivity index (χ1v) is 9.45. The Bertz CT molecular complexity index is 848. The highest BCUT2D eigenvalue weighted by molar-refractivity contribution is 5.95. The van der Waals surface area contributed by atoms with Crippen molar-refractivity contribution in [3.63, 3.8) is 0 Å². The minimum absolute atomic E-state index is 0.0139. The van der Waals surface area contributed by atoms with Crippen LogP contribution in [0.25, 0.3) is 0 Å². The summed E-state index contributed by atoms with van der Waals surface area (Å²) in [7, 11) is 3.31. The molecular weight excluding hydrogens is 378 g/mol. The number of halogens is 2. The van der Waals surface area contributed by atoms with E-state index in [1.54, 1.807) is 12.1 Å². The van der Waals surface area contributed by atoms with Crippen molar-refractivity contribution in [3.05, 3.63) is 52.6 Å². The van der Waals surface area contributed by atoms with Crippen molar-refractivity contribution in [2.45, 2.75) is 46.9 Å². The zero-order valence-corrected chi connectivity index (χ0v) is 17.7.